The fourth-order valence-corrected chi connectivity index (χ4v) is 7.65. The molecule has 47 heavy (non-hydrogen) atoms. The van der Waals surface area contributed by atoms with E-state index >= 15 is 0 Å². The Kier molecular flexibility index (Phi) is 6.20. The standard InChI is InChI=1S/C45H34N2/c1-45(2)41-19-11-9-17-37(41)39-29-40-38-18-10-12-20-43(38)47(44(40)30-42(39)45)36-27-25-35(26-28-36)46(33-15-7-4-8-16-33)34-23-21-32(22-24-34)31-13-5-3-6-14-31/h3-30H,1-2H3. The monoisotopic (exact) mass is 602 g/mol. The highest BCUT2D eigenvalue weighted by molar-refractivity contribution is 6.11. The molecule has 1 aliphatic carbocycles. The number of para-hydroxylation sites is 2. The summed E-state index contributed by atoms with van der Waals surface area (Å²) in [6.45, 7) is 4.71. The molecule has 0 unspecified atom stereocenters. The van der Waals surface area contributed by atoms with Gasteiger partial charge in [-0.05, 0) is 100 Å². The van der Waals surface area contributed by atoms with Crippen LogP contribution in [0.1, 0.15) is 25.0 Å². The topological polar surface area (TPSA) is 8.17 Å². The maximum atomic E-state index is 2.45. The van der Waals surface area contributed by atoms with Crippen molar-refractivity contribution in [3.8, 4) is 27.9 Å². The molecule has 1 aromatic heterocycles. The summed E-state index contributed by atoms with van der Waals surface area (Å²) in [5, 5.41) is 2.57. The number of benzene rings is 7. The summed E-state index contributed by atoms with van der Waals surface area (Å²) in [4.78, 5) is 2.33. The number of nitrogens with zero attached hydrogens (tertiary/aromatic N) is 2. The zero-order valence-electron chi connectivity index (χ0n) is 26.6. The summed E-state index contributed by atoms with van der Waals surface area (Å²) in [5.74, 6) is 0. The van der Waals surface area contributed by atoms with Gasteiger partial charge < -0.3 is 9.47 Å². The molecular weight excluding hydrogens is 569 g/mol. The number of hydrogen-bond donors (Lipinski definition) is 0. The van der Waals surface area contributed by atoms with E-state index in [0.29, 0.717) is 0 Å². The van der Waals surface area contributed by atoms with Crippen molar-refractivity contribution in [1.29, 1.82) is 0 Å². The van der Waals surface area contributed by atoms with E-state index in [0.717, 1.165) is 22.7 Å². The molecule has 0 amide bonds. The van der Waals surface area contributed by atoms with Gasteiger partial charge in [-0.15, -0.1) is 0 Å². The van der Waals surface area contributed by atoms with Gasteiger partial charge in [0.2, 0.25) is 0 Å². The molecule has 7 aromatic carbocycles. The van der Waals surface area contributed by atoms with E-state index in [2.05, 4.69) is 193 Å². The van der Waals surface area contributed by atoms with Crippen LogP contribution in [0.2, 0.25) is 0 Å². The number of hydrogen-bond acceptors (Lipinski definition) is 1. The molecule has 0 saturated heterocycles. The van der Waals surface area contributed by atoms with Gasteiger partial charge in [0, 0.05) is 38.9 Å². The Balaban J connectivity index is 1.17. The molecule has 8 aromatic rings. The fourth-order valence-electron chi connectivity index (χ4n) is 7.65. The Morgan fingerprint density at radius 2 is 1.00 bits per heavy atom. The van der Waals surface area contributed by atoms with E-state index in [1.807, 2.05) is 0 Å². The van der Waals surface area contributed by atoms with E-state index in [1.165, 1.54) is 55.2 Å². The molecule has 2 heteroatoms. The summed E-state index contributed by atoms with van der Waals surface area (Å²) in [5.41, 5.74) is 14.9. The maximum absolute atomic E-state index is 2.45. The van der Waals surface area contributed by atoms with E-state index in [4.69, 9.17) is 0 Å². The summed E-state index contributed by atoms with van der Waals surface area (Å²) in [6, 6.07) is 61.7. The molecule has 0 atom stereocenters. The predicted molar refractivity (Wildman–Crippen MR) is 198 cm³/mol. The molecule has 0 bridgehead atoms. The van der Waals surface area contributed by atoms with Gasteiger partial charge in [-0.2, -0.15) is 0 Å². The van der Waals surface area contributed by atoms with Gasteiger partial charge in [0.25, 0.3) is 0 Å². The Morgan fingerprint density at radius 3 is 1.74 bits per heavy atom. The second-order valence-corrected chi connectivity index (χ2v) is 13.0. The van der Waals surface area contributed by atoms with Gasteiger partial charge >= 0.3 is 0 Å². The van der Waals surface area contributed by atoms with Gasteiger partial charge in [0.15, 0.2) is 0 Å². The van der Waals surface area contributed by atoms with Crippen LogP contribution in [-0.2, 0) is 5.41 Å². The van der Waals surface area contributed by atoms with Crippen molar-refractivity contribution < 1.29 is 0 Å². The molecule has 0 saturated carbocycles. The molecule has 0 N–H and O–H groups in total. The number of aromatic nitrogens is 1. The van der Waals surface area contributed by atoms with E-state index in [9.17, 15) is 0 Å². The first-order valence-corrected chi connectivity index (χ1v) is 16.4. The Hall–Kier alpha value is -5.86. The molecule has 1 aliphatic rings. The molecule has 9 rings (SSSR count). The third-order valence-corrected chi connectivity index (χ3v) is 9.99. The molecule has 0 spiro atoms. The minimum Gasteiger partial charge on any atom is -0.311 e. The highest BCUT2D eigenvalue weighted by Gasteiger charge is 2.36. The first-order chi connectivity index (χ1) is 23.1. The summed E-state index contributed by atoms with van der Waals surface area (Å²) >= 11 is 0. The molecule has 0 aliphatic heterocycles. The van der Waals surface area contributed by atoms with Crippen molar-refractivity contribution in [2.24, 2.45) is 0 Å². The summed E-state index contributed by atoms with van der Waals surface area (Å²) in [6.07, 6.45) is 0. The van der Waals surface area contributed by atoms with Gasteiger partial charge in [-0.1, -0.05) is 117 Å². The Bertz CT molecular complexity index is 2400. The quantitative estimate of drug-likeness (QED) is 0.190. The molecule has 0 radical (unpaired) electrons. The normalized spacial score (nSPS) is 13.1. The minimum atomic E-state index is -0.0580. The zero-order chi connectivity index (χ0) is 31.5. The highest BCUT2D eigenvalue weighted by Crippen LogP contribution is 2.51. The van der Waals surface area contributed by atoms with Crippen LogP contribution < -0.4 is 4.90 Å². The lowest BCUT2D eigenvalue weighted by Gasteiger charge is -2.26. The Morgan fingerprint density at radius 1 is 0.426 bits per heavy atom. The van der Waals surface area contributed by atoms with Crippen LogP contribution in [0.3, 0.4) is 0 Å². The van der Waals surface area contributed by atoms with Crippen LogP contribution in [-0.4, -0.2) is 4.57 Å². The van der Waals surface area contributed by atoms with Crippen molar-refractivity contribution in [3.63, 3.8) is 0 Å². The van der Waals surface area contributed by atoms with E-state index in [1.54, 1.807) is 0 Å². The molecule has 2 nitrogen and oxygen atoms in total. The number of fused-ring (bicyclic) bond motifs is 6. The zero-order valence-corrected chi connectivity index (χ0v) is 26.6. The van der Waals surface area contributed by atoms with Crippen molar-refractivity contribution >= 4 is 38.9 Å². The van der Waals surface area contributed by atoms with Crippen molar-refractivity contribution in [2.45, 2.75) is 19.3 Å². The lowest BCUT2D eigenvalue weighted by Crippen LogP contribution is -2.15. The molecular formula is C45H34N2. The van der Waals surface area contributed by atoms with Crippen LogP contribution >= 0.6 is 0 Å². The molecule has 1 heterocycles. The SMILES string of the molecule is CC1(C)c2ccccc2-c2cc3c4ccccc4n(-c4ccc(N(c5ccccc5)c5ccc(-c6ccccc6)cc5)cc4)c3cc21. The van der Waals surface area contributed by atoms with Gasteiger partial charge in [0.05, 0.1) is 11.0 Å². The average Bonchev–Trinajstić information content (AvgIpc) is 3.57. The van der Waals surface area contributed by atoms with Crippen LogP contribution in [0.5, 0.6) is 0 Å². The largest absolute Gasteiger partial charge is 0.311 e. The van der Waals surface area contributed by atoms with Gasteiger partial charge in [0.1, 0.15) is 0 Å². The summed E-state index contributed by atoms with van der Waals surface area (Å²) < 4.78 is 2.44. The van der Waals surface area contributed by atoms with E-state index in [-0.39, 0.29) is 5.41 Å². The number of rotatable bonds is 5. The minimum absolute atomic E-state index is 0.0580. The third-order valence-electron chi connectivity index (χ3n) is 9.99. The van der Waals surface area contributed by atoms with Crippen LogP contribution in [0.15, 0.2) is 170 Å². The van der Waals surface area contributed by atoms with Gasteiger partial charge in [-0.25, -0.2) is 0 Å². The lowest BCUT2D eigenvalue weighted by molar-refractivity contribution is 0.661. The van der Waals surface area contributed by atoms with Crippen molar-refractivity contribution in [1.82, 2.24) is 4.57 Å². The highest BCUT2D eigenvalue weighted by atomic mass is 15.1. The smallest absolute Gasteiger partial charge is 0.0544 e. The Labute approximate surface area is 275 Å². The molecule has 0 fully saturated rings. The van der Waals surface area contributed by atoms with Crippen LogP contribution in [0.4, 0.5) is 17.1 Å². The third kappa shape index (κ3) is 4.33. The van der Waals surface area contributed by atoms with Crippen LogP contribution in [0, 0.1) is 0 Å². The lowest BCUT2D eigenvalue weighted by atomic mass is 9.82. The van der Waals surface area contributed by atoms with Crippen molar-refractivity contribution in [3.05, 3.63) is 181 Å². The second-order valence-electron chi connectivity index (χ2n) is 13.0. The summed E-state index contributed by atoms with van der Waals surface area (Å²) in [7, 11) is 0. The first-order valence-electron chi connectivity index (χ1n) is 16.4. The van der Waals surface area contributed by atoms with E-state index < -0.39 is 0 Å². The van der Waals surface area contributed by atoms with Crippen LogP contribution in [0.25, 0.3) is 49.7 Å². The average molecular weight is 603 g/mol. The predicted octanol–water partition coefficient (Wildman–Crippen LogP) is 12.2. The molecule has 224 valence electrons. The fraction of sp³-hybridized carbons (Fsp3) is 0.0667. The first kappa shape index (κ1) is 27.5. The number of anilines is 3. The van der Waals surface area contributed by atoms with Gasteiger partial charge in [-0.3, -0.25) is 0 Å². The van der Waals surface area contributed by atoms with Crippen molar-refractivity contribution in [2.75, 3.05) is 4.90 Å². The second kappa shape index (κ2) is 10.6. The maximum Gasteiger partial charge on any atom is 0.0544 e.